The zero-order valence-electron chi connectivity index (χ0n) is 9.13. The maximum absolute atomic E-state index is 10.8. The van der Waals surface area contributed by atoms with E-state index in [-0.39, 0.29) is 5.69 Å². The molecule has 16 heavy (non-hydrogen) atoms. The number of aromatic carboxylic acids is 1. The normalized spacial score (nSPS) is 17.4. The minimum absolute atomic E-state index is 0.00331. The van der Waals surface area contributed by atoms with Gasteiger partial charge in [-0.25, -0.2) is 9.78 Å². The lowest BCUT2D eigenvalue weighted by Gasteiger charge is -2.32. The van der Waals surface area contributed by atoms with Crippen molar-refractivity contribution in [2.75, 3.05) is 38.1 Å². The molecule has 0 aromatic carbocycles. The Kier molecular flexibility index (Phi) is 3.00. The number of hydrogen-bond acceptors (Lipinski definition) is 5. The number of aromatic nitrogens is 2. The van der Waals surface area contributed by atoms with Gasteiger partial charge in [0.25, 0.3) is 0 Å². The Morgan fingerprint density at radius 2 is 2.00 bits per heavy atom. The van der Waals surface area contributed by atoms with Crippen LogP contribution in [0.25, 0.3) is 0 Å². The Morgan fingerprint density at radius 3 is 2.62 bits per heavy atom. The molecule has 86 valence electrons. The molecule has 0 atom stereocenters. The third kappa shape index (κ3) is 2.27. The summed E-state index contributed by atoms with van der Waals surface area (Å²) in [5.41, 5.74) is -0.00331. The average Bonchev–Trinajstić information content (AvgIpc) is 2.30. The van der Waals surface area contributed by atoms with E-state index >= 15 is 0 Å². The number of hydrogen-bond donors (Lipinski definition) is 1. The summed E-state index contributed by atoms with van der Waals surface area (Å²) in [5.74, 6) is -0.392. The molecule has 1 N–H and O–H groups in total. The van der Waals surface area contributed by atoms with E-state index in [9.17, 15) is 4.79 Å². The lowest BCUT2D eigenvalue weighted by Crippen LogP contribution is -2.45. The molecule has 2 rings (SSSR count). The van der Waals surface area contributed by atoms with Crippen LogP contribution in [0.1, 0.15) is 10.5 Å². The van der Waals surface area contributed by atoms with Crippen molar-refractivity contribution < 1.29 is 9.90 Å². The molecule has 6 heteroatoms. The van der Waals surface area contributed by atoms with Gasteiger partial charge in [0.1, 0.15) is 5.82 Å². The van der Waals surface area contributed by atoms with E-state index < -0.39 is 5.97 Å². The standard InChI is InChI=1S/C10H14N4O2/c1-13-2-4-14(5-3-13)9-7-11-6-8(12-9)10(15)16/h6-7H,2-5H2,1H3,(H,15,16). The van der Waals surface area contributed by atoms with Crippen molar-refractivity contribution in [1.29, 1.82) is 0 Å². The Labute approximate surface area is 93.5 Å². The van der Waals surface area contributed by atoms with E-state index in [2.05, 4.69) is 26.8 Å². The molecule has 1 aromatic heterocycles. The number of likely N-dealkylation sites (N-methyl/N-ethyl adjacent to an activating group) is 1. The Morgan fingerprint density at radius 1 is 1.31 bits per heavy atom. The van der Waals surface area contributed by atoms with E-state index in [1.54, 1.807) is 6.20 Å². The molecule has 0 radical (unpaired) electrons. The molecule has 1 aliphatic heterocycles. The maximum Gasteiger partial charge on any atom is 0.356 e. The number of carboxylic acid groups (broad SMARTS) is 1. The lowest BCUT2D eigenvalue weighted by molar-refractivity contribution is 0.0690. The van der Waals surface area contributed by atoms with Crippen LogP contribution in [-0.4, -0.2) is 59.2 Å². The van der Waals surface area contributed by atoms with Gasteiger partial charge in [-0.15, -0.1) is 0 Å². The molecule has 0 unspecified atom stereocenters. The molecule has 0 aliphatic carbocycles. The smallest absolute Gasteiger partial charge is 0.356 e. The largest absolute Gasteiger partial charge is 0.476 e. The maximum atomic E-state index is 10.8. The van der Waals surface area contributed by atoms with Gasteiger partial charge in [0, 0.05) is 26.2 Å². The van der Waals surface area contributed by atoms with Gasteiger partial charge in [-0.2, -0.15) is 0 Å². The average molecular weight is 222 g/mol. The Balaban J connectivity index is 2.14. The highest BCUT2D eigenvalue weighted by atomic mass is 16.4. The van der Waals surface area contributed by atoms with Gasteiger partial charge >= 0.3 is 5.97 Å². The predicted octanol–water partition coefficient (Wildman–Crippen LogP) is -0.0734. The molecular weight excluding hydrogens is 208 g/mol. The number of piperazine rings is 1. The topological polar surface area (TPSA) is 69.6 Å². The molecule has 6 nitrogen and oxygen atoms in total. The van der Waals surface area contributed by atoms with Crippen LogP contribution in [0.15, 0.2) is 12.4 Å². The Bertz CT molecular complexity index is 388. The van der Waals surface area contributed by atoms with Gasteiger partial charge < -0.3 is 14.9 Å². The number of anilines is 1. The quantitative estimate of drug-likeness (QED) is 0.755. The molecule has 1 saturated heterocycles. The minimum Gasteiger partial charge on any atom is -0.476 e. The highest BCUT2D eigenvalue weighted by molar-refractivity contribution is 5.85. The number of carbonyl (C=O) groups is 1. The van der Waals surface area contributed by atoms with Crippen molar-refractivity contribution in [2.45, 2.75) is 0 Å². The van der Waals surface area contributed by atoms with Crippen LogP contribution in [-0.2, 0) is 0 Å². The van der Waals surface area contributed by atoms with Gasteiger partial charge in [-0.1, -0.05) is 0 Å². The van der Waals surface area contributed by atoms with Gasteiger partial charge in [0.15, 0.2) is 5.69 Å². The summed E-state index contributed by atoms with van der Waals surface area (Å²) in [6.45, 7) is 3.63. The highest BCUT2D eigenvalue weighted by Gasteiger charge is 2.16. The van der Waals surface area contributed by atoms with Crippen LogP contribution in [0.3, 0.4) is 0 Å². The molecule has 2 heterocycles. The zero-order valence-corrected chi connectivity index (χ0v) is 9.13. The van der Waals surface area contributed by atoms with Crippen molar-refractivity contribution in [3.8, 4) is 0 Å². The minimum atomic E-state index is -1.04. The first kappa shape index (κ1) is 10.8. The summed E-state index contributed by atoms with van der Waals surface area (Å²) in [6.07, 6.45) is 2.87. The third-order valence-electron chi connectivity index (χ3n) is 2.67. The van der Waals surface area contributed by atoms with Crippen molar-refractivity contribution in [3.05, 3.63) is 18.1 Å². The fourth-order valence-electron chi connectivity index (χ4n) is 1.65. The van der Waals surface area contributed by atoms with E-state index in [0.29, 0.717) is 5.82 Å². The summed E-state index contributed by atoms with van der Waals surface area (Å²) in [6, 6.07) is 0. The molecule has 0 spiro atoms. The van der Waals surface area contributed by atoms with E-state index in [0.717, 1.165) is 26.2 Å². The fraction of sp³-hybridized carbons (Fsp3) is 0.500. The predicted molar refractivity (Wildman–Crippen MR) is 58.7 cm³/mol. The van der Waals surface area contributed by atoms with Crippen LogP contribution >= 0.6 is 0 Å². The van der Waals surface area contributed by atoms with Crippen LogP contribution in [0, 0.1) is 0 Å². The van der Waals surface area contributed by atoms with Gasteiger partial charge in [0.2, 0.25) is 0 Å². The van der Waals surface area contributed by atoms with Crippen molar-refractivity contribution in [2.24, 2.45) is 0 Å². The number of carboxylic acids is 1. The van der Waals surface area contributed by atoms with Crippen LogP contribution < -0.4 is 4.90 Å². The van der Waals surface area contributed by atoms with Gasteiger partial charge in [-0.05, 0) is 7.05 Å². The summed E-state index contributed by atoms with van der Waals surface area (Å²) in [5, 5.41) is 8.82. The summed E-state index contributed by atoms with van der Waals surface area (Å²) in [4.78, 5) is 23.0. The first-order valence-electron chi connectivity index (χ1n) is 5.15. The molecule has 0 amide bonds. The SMILES string of the molecule is CN1CCN(c2cncc(C(=O)O)n2)CC1. The van der Waals surface area contributed by atoms with Gasteiger partial charge in [0.05, 0.1) is 12.4 Å². The van der Waals surface area contributed by atoms with Crippen LogP contribution in [0.2, 0.25) is 0 Å². The first-order chi connectivity index (χ1) is 7.66. The third-order valence-corrected chi connectivity index (χ3v) is 2.67. The number of rotatable bonds is 2. The number of nitrogens with zero attached hydrogens (tertiary/aromatic N) is 4. The summed E-state index contributed by atoms with van der Waals surface area (Å²) in [7, 11) is 2.07. The van der Waals surface area contributed by atoms with E-state index in [4.69, 9.17) is 5.11 Å². The van der Waals surface area contributed by atoms with Crippen molar-refractivity contribution in [1.82, 2.24) is 14.9 Å². The second kappa shape index (κ2) is 4.44. The summed E-state index contributed by atoms with van der Waals surface area (Å²) < 4.78 is 0. The van der Waals surface area contributed by atoms with Gasteiger partial charge in [-0.3, -0.25) is 4.98 Å². The van der Waals surface area contributed by atoms with Crippen LogP contribution in [0.4, 0.5) is 5.82 Å². The van der Waals surface area contributed by atoms with E-state index in [1.165, 1.54) is 6.20 Å². The zero-order chi connectivity index (χ0) is 11.5. The molecule has 0 saturated carbocycles. The Hall–Kier alpha value is -1.69. The van der Waals surface area contributed by atoms with E-state index in [1.807, 2.05) is 0 Å². The fourth-order valence-corrected chi connectivity index (χ4v) is 1.65. The van der Waals surface area contributed by atoms with Crippen molar-refractivity contribution in [3.63, 3.8) is 0 Å². The first-order valence-corrected chi connectivity index (χ1v) is 5.15. The van der Waals surface area contributed by atoms with Crippen molar-refractivity contribution >= 4 is 11.8 Å². The molecule has 1 aliphatic rings. The van der Waals surface area contributed by atoms with Crippen LogP contribution in [0.5, 0.6) is 0 Å². The molecular formula is C10H14N4O2. The highest BCUT2D eigenvalue weighted by Crippen LogP contribution is 2.12. The molecule has 1 aromatic rings. The molecule has 1 fully saturated rings. The second-order valence-electron chi connectivity index (χ2n) is 3.86. The lowest BCUT2D eigenvalue weighted by atomic mass is 10.3. The molecule has 0 bridgehead atoms. The second-order valence-corrected chi connectivity index (χ2v) is 3.86. The monoisotopic (exact) mass is 222 g/mol. The summed E-state index contributed by atoms with van der Waals surface area (Å²) >= 11 is 0.